The standard InChI is InChI=1S/C11H14N4O2S2/c1-6-8(4-10(16)17)19-11(12-6)18-5-9-14-13-7(2)15(9)3/h4-5H2,1-3H3,(H,16,17). The van der Waals surface area contributed by atoms with Gasteiger partial charge in [-0.15, -0.1) is 21.5 Å². The van der Waals surface area contributed by atoms with Crippen molar-refractivity contribution >= 4 is 29.1 Å². The molecule has 2 rings (SSSR count). The molecule has 0 unspecified atom stereocenters. The highest BCUT2D eigenvalue weighted by Crippen LogP contribution is 2.29. The largest absolute Gasteiger partial charge is 0.481 e. The molecule has 0 bridgehead atoms. The predicted molar refractivity (Wildman–Crippen MR) is 73.5 cm³/mol. The molecule has 0 aromatic carbocycles. The first-order valence-corrected chi connectivity index (χ1v) is 7.43. The molecule has 0 saturated heterocycles. The van der Waals surface area contributed by atoms with Crippen molar-refractivity contribution in [1.29, 1.82) is 0 Å². The van der Waals surface area contributed by atoms with Gasteiger partial charge in [0.05, 0.1) is 17.9 Å². The molecular formula is C11H14N4O2S2. The van der Waals surface area contributed by atoms with Crippen molar-refractivity contribution in [3.63, 3.8) is 0 Å². The van der Waals surface area contributed by atoms with Crippen molar-refractivity contribution in [2.24, 2.45) is 7.05 Å². The summed E-state index contributed by atoms with van der Waals surface area (Å²) in [5.74, 6) is 1.61. The second-order valence-electron chi connectivity index (χ2n) is 4.07. The molecule has 0 spiro atoms. The van der Waals surface area contributed by atoms with Gasteiger partial charge in [0, 0.05) is 11.9 Å². The summed E-state index contributed by atoms with van der Waals surface area (Å²) < 4.78 is 2.81. The third-order valence-corrected chi connectivity index (χ3v) is 4.99. The SMILES string of the molecule is Cc1nc(SCc2nnc(C)n2C)sc1CC(=O)O. The smallest absolute Gasteiger partial charge is 0.308 e. The zero-order chi connectivity index (χ0) is 14.0. The fourth-order valence-electron chi connectivity index (χ4n) is 1.47. The number of carbonyl (C=O) groups is 1. The molecule has 0 atom stereocenters. The highest BCUT2D eigenvalue weighted by atomic mass is 32.2. The summed E-state index contributed by atoms with van der Waals surface area (Å²) in [7, 11) is 1.92. The van der Waals surface area contributed by atoms with Crippen LogP contribution in [0.4, 0.5) is 0 Å². The molecule has 19 heavy (non-hydrogen) atoms. The van der Waals surface area contributed by atoms with Gasteiger partial charge in [0.15, 0.2) is 4.34 Å². The van der Waals surface area contributed by atoms with Gasteiger partial charge in [0.1, 0.15) is 11.6 Å². The number of hydrogen-bond donors (Lipinski definition) is 1. The van der Waals surface area contributed by atoms with Gasteiger partial charge in [-0.2, -0.15) is 0 Å². The van der Waals surface area contributed by atoms with E-state index < -0.39 is 5.97 Å². The zero-order valence-electron chi connectivity index (χ0n) is 10.9. The fourth-order valence-corrected chi connectivity index (χ4v) is 3.67. The molecule has 0 fully saturated rings. The Kier molecular flexibility index (Phi) is 4.20. The van der Waals surface area contributed by atoms with Gasteiger partial charge in [0.25, 0.3) is 0 Å². The molecule has 6 nitrogen and oxygen atoms in total. The van der Waals surface area contributed by atoms with Gasteiger partial charge in [-0.3, -0.25) is 4.79 Å². The highest BCUT2D eigenvalue weighted by Gasteiger charge is 2.12. The van der Waals surface area contributed by atoms with Gasteiger partial charge < -0.3 is 9.67 Å². The predicted octanol–water partition coefficient (Wildman–Crippen LogP) is 1.81. The van der Waals surface area contributed by atoms with E-state index in [1.807, 2.05) is 25.5 Å². The second kappa shape index (κ2) is 5.70. The van der Waals surface area contributed by atoms with Gasteiger partial charge in [0.2, 0.25) is 0 Å². The van der Waals surface area contributed by atoms with E-state index in [-0.39, 0.29) is 6.42 Å². The Morgan fingerprint density at radius 2 is 2.16 bits per heavy atom. The number of thioether (sulfide) groups is 1. The van der Waals surface area contributed by atoms with Crippen molar-refractivity contribution in [3.05, 3.63) is 22.2 Å². The number of aromatic nitrogens is 4. The molecule has 0 aliphatic carbocycles. The third-order valence-electron chi connectivity index (χ3n) is 2.69. The summed E-state index contributed by atoms with van der Waals surface area (Å²) in [6.07, 6.45) is 0.0348. The lowest BCUT2D eigenvalue weighted by atomic mass is 10.3. The Hall–Kier alpha value is -1.41. The van der Waals surface area contributed by atoms with Crippen LogP contribution in [0.25, 0.3) is 0 Å². The normalized spacial score (nSPS) is 10.9. The first kappa shape index (κ1) is 14.0. The lowest BCUT2D eigenvalue weighted by Gasteiger charge is -1.99. The summed E-state index contributed by atoms with van der Waals surface area (Å²) >= 11 is 2.99. The number of aliphatic carboxylic acids is 1. The van der Waals surface area contributed by atoms with E-state index in [0.29, 0.717) is 5.75 Å². The lowest BCUT2D eigenvalue weighted by molar-refractivity contribution is -0.136. The minimum atomic E-state index is -0.827. The van der Waals surface area contributed by atoms with Gasteiger partial charge in [-0.25, -0.2) is 4.98 Å². The molecule has 0 aliphatic rings. The molecule has 8 heteroatoms. The molecule has 2 aromatic rings. The quantitative estimate of drug-likeness (QED) is 0.848. The van der Waals surface area contributed by atoms with Crippen molar-refractivity contribution in [2.45, 2.75) is 30.4 Å². The van der Waals surface area contributed by atoms with Crippen molar-refractivity contribution < 1.29 is 9.90 Å². The Morgan fingerprint density at radius 3 is 2.74 bits per heavy atom. The molecule has 2 aromatic heterocycles. The summed E-state index contributed by atoms with van der Waals surface area (Å²) in [6.45, 7) is 3.74. The van der Waals surface area contributed by atoms with E-state index in [2.05, 4.69) is 15.2 Å². The summed E-state index contributed by atoms with van der Waals surface area (Å²) in [4.78, 5) is 15.9. The molecule has 0 amide bonds. The van der Waals surface area contributed by atoms with E-state index in [9.17, 15) is 4.79 Å². The molecule has 0 saturated carbocycles. The number of carboxylic acids is 1. The van der Waals surface area contributed by atoms with E-state index in [1.54, 1.807) is 11.8 Å². The third kappa shape index (κ3) is 3.32. The Morgan fingerprint density at radius 1 is 1.42 bits per heavy atom. The number of thiazole rings is 1. The van der Waals surface area contributed by atoms with Crippen LogP contribution in [-0.2, 0) is 24.0 Å². The molecule has 0 aliphatic heterocycles. The summed E-state index contributed by atoms with van der Waals surface area (Å²) in [5.41, 5.74) is 0.795. The number of nitrogens with zero attached hydrogens (tertiary/aromatic N) is 4. The first-order valence-electron chi connectivity index (χ1n) is 5.63. The number of rotatable bonds is 5. The topological polar surface area (TPSA) is 80.9 Å². The van der Waals surface area contributed by atoms with Crippen LogP contribution in [0.2, 0.25) is 0 Å². The maximum Gasteiger partial charge on any atom is 0.308 e. The summed E-state index contributed by atoms with van der Waals surface area (Å²) in [6, 6.07) is 0. The average molecular weight is 298 g/mol. The van der Waals surface area contributed by atoms with Crippen LogP contribution in [0.15, 0.2) is 4.34 Å². The lowest BCUT2D eigenvalue weighted by Crippen LogP contribution is -1.99. The summed E-state index contributed by atoms with van der Waals surface area (Å²) in [5, 5.41) is 16.9. The van der Waals surface area contributed by atoms with Crippen LogP contribution >= 0.6 is 23.1 Å². The van der Waals surface area contributed by atoms with E-state index in [4.69, 9.17) is 5.11 Å². The monoisotopic (exact) mass is 298 g/mol. The van der Waals surface area contributed by atoms with Gasteiger partial charge in [-0.1, -0.05) is 11.8 Å². The van der Waals surface area contributed by atoms with E-state index in [1.165, 1.54) is 11.3 Å². The van der Waals surface area contributed by atoms with Crippen LogP contribution in [0.5, 0.6) is 0 Å². The molecule has 0 radical (unpaired) electrons. The van der Waals surface area contributed by atoms with E-state index >= 15 is 0 Å². The maximum atomic E-state index is 10.7. The van der Waals surface area contributed by atoms with Crippen LogP contribution in [0.1, 0.15) is 22.2 Å². The van der Waals surface area contributed by atoms with E-state index in [0.717, 1.165) is 26.6 Å². The Bertz CT molecular complexity index is 606. The molecule has 1 N–H and O–H groups in total. The maximum absolute atomic E-state index is 10.7. The van der Waals surface area contributed by atoms with Gasteiger partial charge in [-0.05, 0) is 13.8 Å². The average Bonchev–Trinajstić information content (AvgIpc) is 2.82. The van der Waals surface area contributed by atoms with Crippen molar-refractivity contribution in [3.8, 4) is 0 Å². The fraction of sp³-hybridized carbons (Fsp3) is 0.455. The van der Waals surface area contributed by atoms with Crippen molar-refractivity contribution in [1.82, 2.24) is 19.7 Å². The highest BCUT2D eigenvalue weighted by molar-refractivity contribution is 8.00. The van der Waals surface area contributed by atoms with Crippen LogP contribution in [0.3, 0.4) is 0 Å². The first-order chi connectivity index (χ1) is 8.97. The van der Waals surface area contributed by atoms with Crippen LogP contribution < -0.4 is 0 Å². The molecule has 2 heterocycles. The number of aryl methyl sites for hydroxylation is 2. The van der Waals surface area contributed by atoms with Crippen LogP contribution in [-0.4, -0.2) is 30.8 Å². The van der Waals surface area contributed by atoms with Crippen LogP contribution in [0, 0.1) is 13.8 Å². The van der Waals surface area contributed by atoms with Crippen molar-refractivity contribution in [2.75, 3.05) is 0 Å². The number of hydrogen-bond acceptors (Lipinski definition) is 6. The zero-order valence-corrected chi connectivity index (χ0v) is 12.5. The minimum Gasteiger partial charge on any atom is -0.481 e. The molecular weight excluding hydrogens is 284 g/mol. The van der Waals surface area contributed by atoms with Gasteiger partial charge >= 0.3 is 5.97 Å². The Balaban J connectivity index is 2.04. The number of carboxylic acid groups (broad SMARTS) is 1. The Labute approximate surface area is 118 Å². The second-order valence-corrected chi connectivity index (χ2v) is 6.38. The minimum absolute atomic E-state index is 0.0348. The molecule has 102 valence electrons.